The first kappa shape index (κ1) is 20.1. The number of carboxylic acids is 1. The smallest absolute Gasteiger partial charge is 0.358 e. The fraction of sp³-hybridized carbons (Fsp3) is 0.105. The van der Waals surface area contributed by atoms with Gasteiger partial charge in [-0.1, -0.05) is 30.3 Å². The average molecular weight is 438 g/mol. The highest BCUT2D eigenvalue weighted by Gasteiger charge is 2.27. The summed E-state index contributed by atoms with van der Waals surface area (Å²) in [6.07, 6.45) is 0. The normalized spacial score (nSPS) is 10.9. The van der Waals surface area contributed by atoms with E-state index >= 15 is 0 Å². The van der Waals surface area contributed by atoms with Crippen LogP contribution in [0.25, 0.3) is 22.9 Å². The van der Waals surface area contributed by atoms with Crippen LogP contribution < -0.4 is 5.73 Å². The third-order valence-electron chi connectivity index (χ3n) is 4.15. The molecule has 0 spiro atoms. The van der Waals surface area contributed by atoms with Crippen molar-refractivity contribution in [2.24, 2.45) is 5.73 Å². The van der Waals surface area contributed by atoms with Crippen molar-refractivity contribution in [2.75, 3.05) is 0 Å². The van der Waals surface area contributed by atoms with E-state index in [1.165, 1.54) is 18.3 Å². The number of hydrogen-bond acceptors (Lipinski definition) is 9. The number of oxazole rings is 1. The van der Waals surface area contributed by atoms with E-state index in [2.05, 4.69) is 20.2 Å². The number of hydrogen-bond donors (Lipinski definition) is 2. The van der Waals surface area contributed by atoms with Crippen LogP contribution in [0.2, 0.25) is 0 Å². The number of rotatable bonds is 7. The molecule has 0 fully saturated rings. The second-order valence-corrected chi connectivity index (χ2v) is 7.29. The Bertz CT molecular complexity index is 1310. The number of amides is 1. The zero-order valence-electron chi connectivity index (χ0n) is 16.0. The molecule has 1 amide bonds. The van der Waals surface area contributed by atoms with E-state index in [-0.39, 0.29) is 41.1 Å². The second kappa shape index (κ2) is 7.91. The van der Waals surface area contributed by atoms with Crippen molar-refractivity contribution in [2.45, 2.75) is 13.5 Å². The lowest BCUT2D eigenvalue weighted by molar-refractivity contribution is 0.0691. The number of carboxylic acid groups (broad SMARTS) is 1. The standard InChI is InChI=1S/C19H14N6O5S/c1-9(26)11-8-31-12(21-11)7-25-23-13(17(20)27)14(24-25)18-22-15(19(28)29)16(30-18)10-5-3-2-4-6-10/h2-6,8H,7H2,1H3,(H2,20,27)(H,28,29). The summed E-state index contributed by atoms with van der Waals surface area (Å²) in [4.78, 5) is 44.3. The monoisotopic (exact) mass is 438 g/mol. The summed E-state index contributed by atoms with van der Waals surface area (Å²) in [6, 6.07) is 8.54. The first-order chi connectivity index (χ1) is 14.8. The fourth-order valence-electron chi connectivity index (χ4n) is 2.75. The van der Waals surface area contributed by atoms with Crippen LogP contribution in [0.15, 0.2) is 40.1 Å². The van der Waals surface area contributed by atoms with Gasteiger partial charge in [0, 0.05) is 17.9 Å². The van der Waals surface area contributed by atoms with Gasteiger partial charge in [0.2, 0.25) is 0 Å². The molecule has 0 saturated carbocycles. The Kier molecular flexibility index (Phi) is 5.13. The van der Waals surface area contributed by atoms with Gasteiger partial charge in [0.1, 0.15) is 17.2 Å². The van der Waals surface area contributed by atoms with E-state index in [1.807, 2.05) is 0 Å². The molecular formula is C19H14N6O5S. The molecule has 0 aliphatic rings. The molecule has 3 aromatic heterocycles. The summed E-state index contributed by atoms with van der Waals surface area (Å²) in [5.41, 5.74) is 5.56. The van der Waals surface area contributed by atoms with Gasteiger partial charge < -0.3 is 15.3 Å². The highest BCUT2D eigenvalue weighted by Crippen LogP contribution is 2.30. The maximum Gasteiger partial charge on any atom is 0.358 e. The first-order valence-corrected chi connectivity index (χ1v) is 9.71. The highest BCUT2D eigenvalue weighted by atomic mass is 32.1. The van der Waals surface area contributed by atoms with Crippen molar-refractivity contribution >= 4 is 29.0 Å². The van der Waals surface area contributed by atoms with Gasteiger partial charge in [0.15, 0.2) is 28.6 Å². The number of nitrogens with two attached hydrogens (primary N) is 1. The summed E-state index contributed by atoms with van der Waals surface area (Å²) in [5, 5.41) is 19.9. The lowest BCUT2D eigenvalue weighted by Crippen LogP contribution is -2.14. The zero-order valence-corrected chi connectivity index (χ0v) is 16.8. The van der Waals surface area contributed by atoms with Crippen LogP contribution in [-0.4, -0.2) is 47.7 Å². The summed E-state index contributed by atoms with van der Waals surface area (Å²) >= 11 is 1.23. The van der Waals surface area contributed by atoms with Crippen LogP contribution >= 0.6 is 11.3 Å². The molecule has 0 atom stereocenters. The predicted octanol–water partition coefficient (Wildman–Crippen LogP) is 2.10. The Balaban J connectivity index is 1.76. The molecule has 1 aromatic carbocycles. The zero-order chi connectivity index (χ0) is 22.1. The van der Waals surface area contributed by atoms with E-state index in [4.69, 9.17) is 10.2 Å². The van der Waals surface area contributed by atoms with Crippen molar-refractivity contribution in [3.63, 3.8) is 0 Å². The van der Waals surface area contributed by atoms with Crippen LogP contribution in [0.5, 0.6) is 0 Å². The maximum atomic E-state index is 11.9. The Hall–Kier alpha value is -4.19. The molecule has 0 bridgehead atoms. The van der Waals surface area contributed by atoms with Crippen LogP contribution in [0.1, 0.15) is 43.4 Å². The van der Waals surface area contributed by atoms with Crippen LogP contribution in [0.3, 0.4) is 0 Å². The molecule has 3 N–H and O–H groups in total. The molecule has 11 nitrogen and oxygen atoms in total. The molecule has 0 radical (unpaired) electrons. The van der Waals surface area contributed by atoms with Crippen molar-refractivity contribution in [1.29, 1.82) is 0 Å². The summed E-state index contributed by atoms with van der Waals surface area (Å²) in [5.74, 6) is -2.56. The summed E-state index contributed by atoms with van der Waals surface area (Å²) < 4.78 is 5.66. The first-order valence-electron chi connectivity index (χ1n) is 8.83. The maximum absolute atomic E-state index is 11.9. The van der Waals surface area contributed by atoms with Crippen LogP contribution in [0.4, 0.5) is 0 Å². The van der Waals surface area contributed by atoms with E-state index in [1.54, 1.807) is 35.7 Å². The van der Waals surface area contributed by atoms with Crippen LogP contribution in [-0.2, 0) is 6.54 Å². The number of ketones is 1. The van der Waals surface area contributed by atoms with E-state index in [0.717, 1.165) is 4.80 Å². The molecule has 31 heavy (non-hydrogen) atoms. The SMILES string of the molecule is CC(=O)c1csc(Cn2nc(C(N)=O)c(-c3nc(C(=O)O)c(-c4ccccc4)o3)n2)n1. The summed E-state index contributed by atoms with van der Waals surface area (Å²) in [6.45, 7) is 1.47. The van der Waals surface area contributed by atoms with Gasteiger partial charge in [0.05, 0.1) is 0 Å². The van der Waals surface area contributed by atoms with Gasteiger partial charge in [-0.25, -0.2) is 9.78 Å². The van der Waals surface area contributed by atoms with Crippen molar-refractivity contribution in [1.82, 2.24) is 25.0 Å². The Morgan fingerprint density at radius 3 is 2.48 bits per heavy atom. The molecule has 0 aliphatic heterocycles. The van der Waals surface area contributed by atoms with Gasteiger partial charge in [-0.15, -0.1) is 21.5 Å². The number of carbonyl (C=O) groups excluding carboxylic acids is 2. The second-order valence-electron chi connectivity index (χ2n) is 6.34. The number of carbonyl (C=O) groups is 3. The minimum atomic E-state index is -1.30. The minimum Gasteiger partial charge on any atom is -0.476 e. The van der Waals surface area contributed by atoms with E-state index in [0.29, 0.717) is 16.3 Å². The molecule has 12 heteroatoms. The van der Waals surface area contributed by atoms with Gasteiger partial charge in [-0.3, -0.25) is 9.59 Å². The molecule has 0 unspecified atom stereocenters. The van der Waals surface area contributed by atoms with Gasteiger partial charge in [0.25, 0.3) is 11.8 Å². The van der Waals surface area contributed by atoms with Crippen LogP contribution in [0, 0.1) is 0 Å². The Morgan fingerprint density at radius 1 is 1.13 bits per heavy atom. The molecule has 0 saturated heterocycles. The molecular weight excluding hydrogens is 424 g/mol. The summed E-state index contributed by atoms with van der Waals surface area (Å²) in [7, 11) is 0. The predicted molar refractivity (Wildman–Crippen MR) is 108 cm³/mol. The largest absolute Gasteiger partial charge is 0.476 e. The average Bonchev–Trinajstić information content (AvgIpc) is 3.46. The van der Waals surface area contributed by atoms with Crippen molar-refractivity contribution in [3.8, 4) is 22.9 Å². The number of nitrogens with zero attached hydrogens (tertiary/aromatic N) is 5. The van der Waals surface area contributed by atoms with Gasteiger partial charge in [-0.2, -0.15) is 9.78 Å². The van der Waals surface area contributed by atoms with Gasteiger partial charge >= 0.3 is 5.97 Å². The molecule has 0 aliphatic carbocycles. The third kappa shape index (κ3) is 3.96. The van der Waals surface area contributed by atoms with E-state index in [9.17, 15) is 19.5 Å². The third-order valence-corrected chi connectivity index (χ3v) is 4.98. The molecule has 4 aromatic rings. The number of thiazole rings is 1. The quantitative estimate of drug-likeness (QED) is 0.411. The number of primary amides is 1. The Labute approximate surface area is 178 Å². The van der Waals surface area contributed by atoms with E-state index < -0.39 is 11.9 Å². The number of aromatic nitrogens is 5. The lowest BCUT2D eigenvalue weighted by Gasteiger charge is -1.96. The van der Waals surface area contributed by atoms with Crippen molar-refractivity contribution < 1.29 is 23.9 Å². The Morgan fingerprint density at radius 2 is 1.87 bits per heavy atom. The fourth-order valence-corrected chi connectivity index (χ4v) is 3.55. The number of aromatic carboxylic acids is 1. The number of Topliss-reactive ketones (excluding diaryl/α,β-unsaturated/α-hetero) is 1. The van der Waals surface area contributed by atoms with Crippen molar-refractivity contribution in [3.05, 3.63) is 57.8 Å². The number of benzene rings is 1. The lowest BCUT2D eigenvalue weighted by atomic mass is 10.1. The topological polar surface area (TPSA) is 167 Å². The highest BCUT2D eigenvalue weighted by molar-refractivity contribution is 7.09. The molecule has 3 heterocycles. The van der Waals surface area contributed by atoms with Gasteiger partial charge in [-0.05, 0) is 0 Å². The molecule has 156 valence electrons. The minimum absolute atomic E-state index is 0.0130. The molecule has 4 rings (SSSR count).